The molecule has 0 aliphatic rings. The van der Waals surface area contributed by atoms with Crippen molar-refractivity contribution in [3.05, 3.63) is 54.6 Å². The molecule has 0 spiro atoms. The van der Waals surface area contributed by atoms with E-state index in [1.807, 2.05) is 12.1 Å². The van der Waals surface area contributed by atoms with Gasteiger partial charge in [-0.2, -0.15) is 0 Å². The first-order valence-corrected chi connectivity index (χ1v) is 6.76. The highest BCUT2D eigenvalue weighted by Gasteiger charge is 1.96. The van der Waals surface area contributed by atoms with Gasteiger partial charge >= 0.3 is 0 Å². The summed E-state index contributed by atoms with van der Waals surface area (Å²) in [6.45, 7) is 1.32. The van der Waals surface area contributed by atoms with Crippen molar-refractivity contribution in [2.24, 2.45) is 0 Å². The molecule has 3 nitrogen and oxygen atoms in total. The Morgan fingerprint density at radius 2 is 1.55 bits per heavy atom. The van der Waals surface area contributed by atoms with Gasteiger partial charge in [0.25, 0.3) is 0 Å². The highest BCUT2D eigenvalue weighted by atomic mass is 19.1. The van der Waals surface area contributed by atoms with Crippen LogP contribution in [0.4, 0.5) is 4.39 Å². The summed E-state index contributed by atoms with van der Waals surface area (Å²) in [7, 11) is 0. The molecular weight excluding hydrogens is 257 g/mol. The van der Waals surface area contributed by atoms with Crippen LogP contribution in [0.1, 0.15) is 19.3 Å². The van der Waals surface area contributed by atoms with Crippen molar-refractivity contribution in [3.63, 3.8) is 0 Å². The second-order valence-electron chi connectivity index (χ2n) is 4.40. The van der Waals surface area contributed by atoms with Gasteiger partial charge in [0.05, 0.1) is 19.4 Å². The van der Waals surface area contributed by atoms with Gasteiger partial charge in [0.2, 0.25) is 0 Å². The lowest BCUT2D eigenvalue weighted by molar-refractivity contribution is 0.279. The summed E-state index contributed by atoms with van der Waals surface area (Å²) in [6, 6.07) is 9.83. The summed E-state index contributed by atoms with van der Waals surface area (Å²) in [4.78, 5) is 3.98. The molecule has 0 saturated carbocycles. The van der Waals surface area contributed by atoms with Crippen molar-refractivity contribution in [3.8, 4) is 11.5 Å². The number of benzene rings is 1. The first-order valence-electron chi connectivity index (χ1n) is 6.76. The minimum Gasteiger partial charge on any atom is -0.494 e. The molecule has 0 saturated heterocycles. The average Bonchev–Trinajstić information content (AvgIpc) is 2.49. The van der Waals surface area contributed by atoms with Crippen molar-refractivity contribution in [2.45, 2.75) is 19.3 Å². The highest BCUT2D eigenvalue weighted by molar-refractivity contribution is 5.21. The molecule has 0 aliphatic carbocycles. The number of hydrogen-bond acceptors (Lipinski definition) is 3. The second kappa shape index (κ2) is 8.15. The number of nitrogens with zero attached hydrogens (tertiary/aromatic N) is 1. The Balaban J connectivity index is 1.51. The van der Waals surface area contributed by atoms with Gasteiger partial charge in [0.15, 0.2) is 0 Å². The average molecular weight is 275 g/mol. The lowest BCUT2D eigenvalue weighted by atomic mass is 10.2. The van der Waals surface area contributed by atoms with Gasteiger partial charge in [0.1, 0.15) is 17.3 Å². The third-order valence-corrected chi connectivity index (χ3v) is 2.77. The topological polar surface area (TPSA) is 31.4 Å². The maximum atomic E-state index is 12.7. The summed E-state index contributed by atoms with van der Waals surface area (Å²) >= 11 is 0. The van der Waals surface area contributed by atoms with Crippen LogP contribution in [0.25, 0.3) is 0 Å². The molecule has 0 atom stereocenters. The van der Waals surface area contributed by atoms with E-state index in [4.69, 9.17) is 9.47 Å². The van der Waals surface area contributed by atoms with Crippen molar-refractivity contribution >= 4 is 0 Å². The molecule has 2 rings (SSSR count). The summed E-state index contributed by atoms with van der Waals surface area (Å²) < 4.78 is 23.7. The molecule has 1 heterocycles. The fourth-order valence-electron chi connectivity index (χ4n) is 1.72. The first-order chi connectivity index (χ1) is 9.84. The Morgan fingerprint density at radius 3 is 2.20 bits per heavy atom. The number of ether oxygens (including phenoxy) is 2. The molecule has 1 aromatic carbocycles. The number of pyridine rings is 1. The van der Waals surface area contributed by atoms with Crippen LogP contribution in [0.15, 0.2) is 48.8 Å². The van der Waals surface area contributed by atoms with Crippen LogP contribution >= 0.6 is 0 Å². The van der Waals surface area contributed by atoms with Gasteiger partial charge in [-0.05, 0) is 55.7 Å². The van der Waals surface area contributed by atoms with Gasteiger partial charge in [-0.15, -0.1) is 0 Å². The van der Waals surface area contributed by atoms with Gasteiger partial charge in [-0.25, -0.2) is 4.39 Å². The number of aromatic nitrogens is 1. The van der Waals surface area contributed by atoms with Gasteiger partial charge in [0, 0.05) is 6.20 Å². The lowest BCUT2D eigenvalue weighted by Gasteiger charge is -2.07. The Morgan fingerprint density at radius 1 is 0.850 bits per heavy atom. The van der Waals surface area contributed by atoms with Gasteiger partial charge in [-0.3, -0.25) is 4.98 Å². The van der Waals surface area contributed by atoms with Crippen LogP contribution < -0.4 is 9.47 Å². The third-order valence-electron chi connectivity index (χ3n) is 2.77. The zero-order valence-electron chi connectivity index (χ0n) is 11.3. The molecule has 0 radical (unpaired) electrons. The smallest absolute Gasteiger partial charge is 0.137 e. The SMILES string of the molecule is Fc1ccc(OCCCCCOc2cccnc2)cc1. The van der Waals surface area contributed by atoms with E-state index in [0.717, 1.165) is 25.0 Å². The minimum atomic E-state index is -0.245. The maximum Gasteiger partial charge on any atom is 0.137 e. The Bertz CT molecular complexity index is 488. The normalized spacial score (nSPS) is 10.2. The molecule has 20 heavy (non-hydrogen) atoms. The van der Waals surface area contributed by atoms with Crippen LogP contribution in [0.3, 0.4) is 0 Å². The third kappa shape index (κ3) is 5.26. The monoisotopic (exact) mass is 275 g/mol. The number of hydrogen-bond donors (Lipinski definition) is 0. The Hall–Kier alpha value is -2.10. The zero-order chi connectivity index (χ0) is 14.0. The number of unbranched alkanes of at least 4 members (excludes halogenated alkanes) is 2. The van der Waals surface area contributed by atoms with E-state index in [2.05, 4.69) is 4.98 Å². The van der Waals surface area contributed by atoms with E-state index in [9.17, 15) is 4.39 Å². The summed E-state index contributed by atoms with van der Waals surface area (Å²) in [5.41, 5.74) is 0. The summed E-state index contributed by atoms with van der Waals surface area (Å²) in [5.74, 6) is 1.26. The molecule has 0 N–H and O–H groups in total. The second-order valence-corrected chi connectivity index (χ2v) is 4.40. The van der Waals surface area contributed by atoms with E-state index < -0.39 is 0 Å². The number of rotatable bonds is 8. The number of halogens is 1. The van der Waals surface area contributed by atoms with Crippen LogP contribution in [-0.4, -0.2) is 18.2 Å². The van der Waals surface area contributed by atoms with Crippen molar-refractivity contribution in [1.82, 2.24) is 4.98 Å². The predicted octanol–water partition coefficient (Wildman–Crippen LogP) is 3.85. The molecule has 2 aromatic rings. The molecule has 0 bridgehead atoms. The van der Waals surface area contributed by atoms with Crippen molar-refractivity contribution in [1.29, 1.82) is 0 Å². The van der Waals surface area contributed by atoms with E-state index >= 15 is 0 Å². The molecule has 106 valence electrons. The van der Waals surface area contributed by atoms with Gasteiger partial charge < -0.3 is 9.47 Å². The first kappa shape index (κ1) is 14.3. The summed E-state index contributed by atoms with van der Waals surface area (Å²) in [5, 5.41) is 0. The van der Waals surface area contributed by atoms with Gasteiger partial charge in [-0.1, -0.05) is 0 Å². The Kier molecular flexibility index (Phi) is 5.83. The van der Waals surface area contributed by atoms with Crippen molar-refractivity contribution in [2.75, 3.05) is 13.2 Å². The standard InChI is InChI=1S/C16H18FNO2/c17-14-6-8-15(9-7-14)19-11-2-1-3-12-20-16-5-4-10-18-13-16/h4-10,13H,1-3,11-12H2. The fourth-order valence-corrected chi connectivity index (χ4v) is 1.72. The molecule has 0 fully saturated rings. The molecular formula is C16H18FNO2. The van der Waals surface area contributed by atoms with E-state index in [1.54, 1.807) is 24.5 Å². The quantitative estimate of drug-likeness (QED) is 0.686. The Labute approximate surface area is 118 Å². The molecule has 4 heteroatoms. The maximum absolute atomic E-state index is 12.7. The van der Waals surface area contributed by atoms with E-state index in [0.29, 0.717) is 19.0 Å². The van der Waals surface area contributed by atoms with E-state index in [1.165, 1.54) is 12.1 Å². The highest BCUT2D eigenvalue weighted by Crippen LogP contribution is 2.12. The van der Waals surface area contributed by atoms with E-state index in [-0.39, 0.29) is 5.82 Å². The minimum absolute atomic E-state index is 0.245. The largest absolute Gasteiger partial charge is 0.494 e. The van der Waals surface area contributed by atoms with Crippen LogP contribution in [0.2, 0.25) is 0 Å². The predicted molar refractivity (Wildman–Crippen MR) is 75.5 cm³/mol. The molecule has 0 unspecified atom stereocenters. The molecule has 0 amide bonds. The van der Waals surface area contributed by atoms with Crippen LogP contribution in [0, 0.1) is 5.82 Å². The van der Waals surface area contributed by atoms with Crippen LogP contribution in [-0.2, 0) is 0 Å². The summed E-state index contributed by atoms with van der Waals surface area (Å²) in [6.07, 6.45) is 6.38. The van der Waals surface area contributed by atoms with Crippen LogP contribution in [0.5, 0.6) is 11.5 Å². The lowest BCUT2D eigenvalue weighted by Crippen LogP contribution is -2.01. The zero-order valence-corrected chi connectivity index (χ0v) is 11.3. The molecule has 0 aliphatic heterocycles. The fraction of sp³-hybridized carbons (Fsp3) is 0.312. The molecule has 1 aromatic heterocycles. The van der Waals surface area contributed by atoms with Crippen molar-refractivity contribution < 1.29 is 13.9 Å².